The lowest BCUT2D eigenvalue weighted by Gasteiger charge is -2.27. The SMILES string of the molecule is O=C(O)[C@@H]1CSC(c2cccc(Cl)c2Cl)N1C(=O)OCc1ccccc1. The van der Waals surface area contributed by atoms with E-state index in [1.54, 1.807) is 18.2 Å². The lowest BCUT2D eigenvalue weighted by Crippen LogP contribution is -2.43. The van der Waals surface area contributed by atoms with Crippen molar-refractivity contribution in [3.05, 3.63) is 69.7 Å². The maximum absolute atomic E-state index is 12.7. The molecule has 0 bridgehead atoms. The highest BCUT2D eigenvalue weighted by Crippen LogP contribution is 2.45. The van der Waals surface area contributed by atoms with Gasteiger partial charge in [-0.15, -0.1) is 11.8 Å². The number of halogens is 2. The summed E-state index contributed by atoms with van der Waals surface area (Å²) in [6.07, 6.45) is -0.702. The van der Waals surface area contributed by atoms with Crippen molar-refractivity contribution in [2.24, 2.45) is 0 Å². The third-order valence-electron chi connectivity index (χ3n) is 3.95. The van der Waals surface area contributed by atoms with Gasteiger partial charge < -0.3 is 9.84 Å². The lowest BCUT2D eigenvalue weighted by atomic mass is 10.2. The van der Waals surface area contributed by atoms with E-state index in [-0.39, 0.29) is 12.4 Å². The highest BCUT2D eigenvalue weighted by molar-refractivity contribution is 7.99. The first kappa shape index (κ1) is 18.9. The summed E-state index contributed by atoms with van der Waals surface area (Å²) in [5, 5.41) is 9.56. The molecule has 3 rings (SSSR count). The molecular formula is C18H15Cl2NO4S. The lowest BCUT2D eigenvalue weighted by molar-refractivity contribution is -0.141. The summed E-state index contributed by atoms with van der Waals surface area (Å²) in [6, 6.07) is 13.3. The molecule has 1 fully saturated rings. The summed E-state index contributed by atoms with van der Waals surface area (Å²) in [4.78, 5) is 25.5. The minimum atomic E-state index is -1.09. The Hall–Kier alpha value is -1.89. The van der Waals surface area contributed by atoms with Crippen molar-refractivity contribution in [2.45, 2.75) is 18.0 Å². The quantitative estimate of drug-likeness (QED) is 0.779. The first-order valence-corrected chi connectivity index (χ1v) is 9.57. The summed E-state index contributed by atoms with van der Waals surface area (Å²) in [7, 11) is 0. The summed E-state index contributed by atoms with van der Waals surface area (Å²) >= 11 is 13.7. The highest BCUT2D eigenvalue weighted by Gasteiger charge is 2.44. The Balaban J connectivity index is 1.84. The molecule has 1 heterocycles. The van der Waals surface area contributed by atoms with E-state index in [9.17, 15) is 14.7 Å². The van der Waals surface area contributed by atoms with Crippen molar-refractivity contribution in [3.63, 3.8) is 0 Å². The molecule has 0 aromatic heterocycles. The standard InChI is InChI=1S/C18H15Cl2NO4S/c19-13-8-4-7-12(15(13)20)16-21(14(10-26-16)17(22)23)18(24)25-9-11-5-2-1-3-6-11/h1-8,14,16H,9-10H2,(H,22,23)/t14-,16?/m0/s1. The molecule has 1 saturated heterocycles. The number of benzene rings is 2. The molecule has 2 aromatic rings. The number of hydrogen-bond donors (Lipinski definition) is 1. The molecule has 5 nitrogen and oxygen atoms in total. The van der Waals surface area contributed by atoms with Gasteiger partial charge in [0.05, 0.1) is 10.0 Å². The molecule has 2 aromatic carbocycles. The summed E-state index contributed by atoms with van der Waals surface area (Å²) < 4.78 is 5.35. The fraction of sp³-hybridized carbons (Fsp3) is 0.222. The molecule has 2 atom stereocenters. The van der Waals surface area contributed by atoms with Crippen molar-refractivity contribution in [1.82, 2.24) is 4.90 Å². The second-order valence-corrected chi connectivity index (χ2v) is 7.53. The van der Waals surface area contributed by atoms with E-state index in [2.05, 4.69) is 0 Å². The maximum Gasteiger partial charge on any atom is 0.412 e. The normalized spacial score (nSPS) is 19.4. The second kappa shape index (κ2) is 8.20. The van der Waals surface area contributed by atoms with Crippen LogP contribution in [-0.4, -0.2) is 33.9 Å². The van der Waals surface area contributed by atoms with Crippen LogP contribution in [0.15, 0.2) is 48.5 Å². The number of carbonyl (C=O) groups is 2. The number of hydrogen-bond acceptors (Lipinski definition) is 4. The van der Waals surface area contributed by atoms with Gasteiger partial charge in [-0.05, 0) is 11.6 Å². The van der Waals surface area contributed by atoms with Crippen molar-refractivity contribution in [3.8, 4) is 0 Å². The summed E-state index contributed by atoms with van der Waals surface area (Å²) in [6.45, 7) is 0.0587. The number of carboxylic acid groups (broad SMARTS) is 1. The number of thioether (sulfide) groups is 1. The minimum absolute atomic E-state index is 0.0587. The van der Waals surface area contributed by atoms with Gasteiger partial charge in [-0.2, -0.15) is 0 Å². The number of nitrogens with zero attached hydrogens (tertiary/aromatic N) is 1. The van der Waals surface area contributed by atoms with Crippen LogP contribution >= 0.6 is 35.0 Å². The maximum atomic E-state index is 12.7. The van der Waals surface area contributed by atoms with E-state index in [4.69, 9.17) is 27.9 Å². The number of ether oxygens (including phenoxy) is 1. The van der Waals surface area contributed by atoms with E-state index in [1.807, 2.05) is 30.3 Å². The topological polar surface area (TPSA) is 66.8 Å². The Morgan fingerprint density at radius 1 is 1.15 bits per heavy atom. The molecule has 26 heavy (non-hydrogen) atoms. The second-order valence-electron chi connectivity index (χ2n) is 5.63. The zero-order valence-corrected chi connectivity index (χ0v) is 15.8. The average molecular weight is 412 g/mol. The zero-order valence-electron chi connectivity index (χ0n) is 13.5. The summed E-state index contributed by atoms with van der Waals surface area (Å²) in [5.41, 5.74) is 1.40. The van der Waals surface area contributed by atoms with Crippen LogP contribution in [0.5, 0.6) is 0 Å². The van der Waals surface area contributed by atoms with Gasteiger partial charge in [-0.1, -0.05) is 65.7 Å². The molecule has 1 unspecified atom stereocenters. The van der Waals surface area contributed by atoms with Crippen LogP contribution in [0.1, 0.15) is 16.5 Å². The van der Waals surface area contributed by atoms with Gasteiger partial charge in [0.2, 0.25) is 0 Å². The van der Waals surface area contributed by atoms with Gasteiger partial charge in [0.15, 0.2) is 0 Å². The van der Waals surface area contributed by atoms with Crippen LogP contribution < -0.4 is 0 Å². The van der Waals surface area contributed by atoms with E-state index in [1.165, 1.54) is 16.7 Å². The fourth-order valence-corrected chi connectivity index (χ4v) is 4.58. The van der Waals surface area contributed by atoms with Gasteiger partial charge >= 0.3 is 12.1 Å². The molecule has 1 aliphatic rings. The number of aliphatic carboxylic acids is 1. The molecule has 136 valence electrons. The molecule has 1 N–H and O–H groups in total. The van der Waals surface area contributed by atoms with E-state index in [0.717, 1.165) is 5.56 Å². The average Bonchev–Trinajstić information content (AvgIpc) is 3.08. The highest BCUT2D eigenvalue weighted by atomic mass is 35.5. The first-order chi connectivity index (χ1) is 12.5. The van der Waals surface area contributed by atoms with Gasteiger partial charge in [-0.3, -0.25) is 4.90 Å². The van der Waals surface area contributed by atoms with Gasteiger partial charge in [-0.25, -0.2) is 9.59 Å². The number of rotatable bonds is 4. The van der Waals surface area contributed by atoms with E-state index >= 15 is 0 Å². The van der Waals surface area contributed by atoms with Crippen molar-refractivity contribution < 1.29 is 19.4 Å². The van der Waals surface area contributed by atoms with Crippen LogP contribution in [0.4, 0.5) is 4.79 Å². The minimum Gasteiger partial charge on any atom is -0.480 e. The molecule has 0 saturated carbocycles. The fourth-order valence-electron chi connectivity index (χ4n) is 2.66. The summed E-state index contributed by atoms with van der Waals surface area (Å²) in [5.74, 6) is -0.849. The molecule has 8 heteroatoms. The van der Waals surface area contributed by atoms with Gasteiger partial charge in [0.25, 0.3) is 0 Å². The Morgan fingerprint density at radius 3 is 2.58 bits per heavy atom. The smallest absolute Gasteiger partial charge is 0.412 e. The van der Waals surface area contributed by atoms with Gasteiger partial charge in [0, 0.05) is 11.3 Å². The molecule has 1 aliphatic heterocycles. The van der Waals surface area contributed by atoms with Crippen molar-refractivity contribution in [1.29, 1.82) is 0 Å². The number of carbonyl (C=O) groups excluding carboxylic acids is 1. The third kappa shape index (κ3) is 3.92. The van der Waals surface area contributed by atoms with Crippen LogP contribution in [0.2, 0.25) is 10.0 Å². The Labute approximate surface area is 164 Å². The Bertz CT molecular complexity index is 818. The zero-order chi connectivity index (χ0) is 18.7. The monoisotopic (exact) mass is 411 g/mol. The van der Waals surface area contributed by atoms with E-state index < -0.39 is 23.5 Å². The van der Waals surface area contributed by atoms with Crippen LogP contribution in [0, 0.1) is 0 Å². The predicted octanol–water partition coefficient (Wildman–Crippen LogP) is 4.83. The van der Waals surface area contributed by atoms with Gasteiger partial charge in [0.1, 0.15) is 18.0 Å². The van der Waals surface area contributed by atoms with Crippen LogP contribution in [0.3, 0.4) is 0 Å². The van der Waals surface area contributed by atoms with Crippen molar-refractivity contribution in [2.75, 3.05) is 5.75 Å². The van der Waals surface area contributed by atoms with Crippen LogP contribution in [0.25, 0.3) is 0 Å². The molecule has 0 aliphatic carbocycles. The van der Waals surface area contributed by atoms with Crippen LogP contribution in [-0.2, 0) is 16.1 Å². The first-order valence-electron chi connectivity index (χ1n) is 7.76. The molecule has 1 amide bonds. The Morgan fingerprint density at radius 2 is 1.88 bits per heavy atom. The Kier molecular flexibility index (Phi) is 5.96. The molecule has 0 radical (unpaired) electrons. The third-order valence-corrected chi connectivity index (χ3v) is 6.09. The number of amides is 1. The largest absolute Gasteiger partial charge is 0.480 e. The van der Waals surface area contributed by atoms with Crippen molar-refractivity contribution >= 4 is 47.0 Å². The van der Waals surface area contributed by atoms with E-state index in [0.29, 0.717) is 15.6 Å². The predicted molar refractivity (Wildman–Crippen MR) is 102 cm³/mol. The molecule has 0 spiro atoms. The molecular weight excluding hydrogens is 397 g/mol. The number of carboxylic acids is 1.